The maximum atomic E-state index is 13.9. The largest absolute Gasteiger partial charge is 0.385 e. The number of halogens is 1. The first-order valence-corrected chi connectivity index (χ1v) is 9.47. The van der Waals surface area contributed by atoms with E-state index in [2.05, 4.69) is 5.32 Å². The lowest BCUT2D eigenvalue weighted by atomic mass is 10.2. The summed E-state index contributed by atoms with van der Waals surface area (Å²) in [6, 6.07) is 3.35. The molecule has 24 heavy (non-hydrogen) atoms. The van der Waals surface area contributed by atoms with Gasteiger partial charge in [0.25, 0.3) is 5.91 Å². The van der Waals surface area contributed by atoms with Crippen LogP contribution in [0.5, 0.6) is 0 Å². The number of piperidine rings is 1. The number of nitrogens with one attached hydrogen (secondary N) is 1. The molecule has 0 aromatic heterocycles. The second-order valence-electron chi connectivity index (χ2n) is 5.71. The minimum atomic E-state index is -3.70. The van der Waals surface area contributed by atoms with Crippen molar-refractivity contribution in [2.45, 2.75) is 30.6 Å². The van der Waals surface area contributed by atoms with Crippen molar-refractivity contribution in [3.63, 3.8) is 0 Å². The van der Waals surface area contributed by atoms with Crippen molar-refractivity contribution in [2.75, 3.05) is 33.4 Å². The smallest absolute Gasteiger partial charge is 0.254 e. The van der Waals surface area contributed by atoms with Gasteiger partial charge in [-0.05, 0) is 37.5 Å². The zero-order valence-electron chi connectivity index (χ0n) is 13.8. The topological polar surface area (TPSA) is 75.7 Å². The van der Waals surface area contributed by atoms with Gasteiger partial charge in [0.1, 0.15) is 5.82 Å². The van der Waals surface area contributed by atoms with E-state index in [4.69, 9.17) is 4.74 Å². The van der Waals surface area contributed by atoms with Gasteiger partial charge in [0.2, 0.25) is 10.0 Å². The highest BCUT2D eigenvalue weighted by atomic mass is 32.2. The number of carbonyl (C=O) groups is 1. The van der Waals surface area contributed by atoms with Crippen LogP contribution in [0.2, 0.25) is 0 Å². The van der Waals surface area contributed by atoms with Crippen LogP contribution in [0.25, 0.3) is 0 Å². The quantitative estimate of drug-likeness (QED) is 0.754. The second-order valence-corrected chi connectivity index (χ2v) is 7.65. The van der Waals surface area contributed by atoms with Gasteiger partial charge in [-0.3, -0.25) is 4.79 Å². The highest BCUT2D eigenvalue weighted by Crippen LogP contribution is 2.22. The van der Waals surface area contributed by atoms with Gasteiger partial charge < -0.3 is 10.1 Å². The van der Waals surface area contributed by atoms with Crippen molar-refractivity contribution < 1.29 is 22.3 Å². The molecule has 0 aliphatic carbocycles. The Hall–Kier alpha value is -1.51. The SMILES string of the molecule is COCCCNC(=O)c1cc(S(=O)(=O)N2CCCCC2)ccc1F. The Morgan fingerprint density at radius 3 is 2.67 bits per heavy atom. The third-order valence-corrected chi connectivity index (χ3v) is 5.84. The number of rotatable bonds is 7. The van der Waals surface area contributed by atoms with Gasteiger partial charge in [0.05, 0.1) is 10.5 Å². The molecule has 0 saturated carbocycles. The molecular formula is C16H23FN2O4S. The maximum absolute atomic E-state index is 13.9. The average molecular weight is 358 g/mol. The van der Waals surface area contributed by atoms with E-state index < -0.39 is 21.7 Å². The molecule has 0 atom stereocenters. The molecule has 1 fully saturated rings. The van der Waals surface area contributed by atoms with Crippen LogP contribution >= 0.6 is 0 Å². The summed E-state index contributed by atoms with van der Waals surface area (Å²) >= 11 is 0. The predicted octanol–water partition coefficient (Wildman–Crippen LogP) is 1.77. The molecule has 1 saturated heterocycles. The van der Waals surface area contributed by atoms with E-state index in [9.17, 15) is 17.6 Å². The van der Waals surface area contributed by atoms with Crippen molar-refractivity contribution >= 4 is 15.9 Å². The molecule has 1 aliphatic rings. The van der Waals surface area contributed by atoms with Crippen LogP contribution in [0.3, 0.4) is 0 Å². The van der Waals surface area contributed by atoms with Crippen LogP contribution < -0.4 is 5.32 Å². The lowest BCUT2D eigenvalue weighted by Gasteiger charge is -2.26. The molecule has 1 aliphatic heterocycles. The van der Waals surface area contributed by atoms with Gasteiger partial charge in [-0.1, -0.05) is 6.42 Å². The number of methoxy groups -OCH3 is 1. The summed E-state index contributed by atoms with van der Waals surface area (Å²) in [5, 5.41) is 2.57. The van der Waals surface area contributed by atoms with Gasteiger partial charge >= 0.3 is 0 Å². The zero-order valence-corrected chi connectivity index (χ0v) is 14.6. The lowest BCUT2D eigenvalue weighted by molar-refractivity contribution is 0.0944. The molecule has 0 radical (unpaired) electrons. The highest BCUT2D eigenvalue weighted by molar-refractivity contribution is 7.89. The number of amides is 1. The van der Waals surface area contributed by atoms with Crippen LogP contribution in [0.4, 0.5) is 4.39 Å². The number of ether oxygens (including phenoxy) is 1. The summed E-state index contributed by atoms with van der Waals surface area (Å²) in [4.78, 5) is 12.0. The molecule has 1 aromatic carbocycles. The molecule has 0 unspecified atom stereocenters. The van der Waals surface area contributed by atoms with Crippen LogP contribution in [0.15, 0.2) is 23.1 Å². The van der Waals surface area contributed by atoms with Crippen molar-refractivity contribution in [1.29, 1.82) is 0 Å². The van der Waals surface area contributed by atoms with Crippen molar-refractivity contribution in [3.05, 3.63) is 29.6 Å². The molecule has 0 bridgehead atoms. The van der Waals surface area contributed by atoms with E-state index >= 15 is 0 Å². The molecule has 1 heterocycles. The molecule has 1 N–H and O–H groups in total. The number of hydrogen-bond acceptors (Lipinski definition) is 4. The van der Waals surface area contributed by atoms with E-state index in [0.717, 1.165) is 31.4 Å². The third kappa shape index (κ3) is 4.52. The number of carbonyl (C=O) groups excluding carboxylic acids is 1. The monoisotopic (exact) mass is 358 g/mol. The molecule has 8 heteroatoms. The van der Waals surface area contributed by atoms with Gasteiger partial charge in [0.15, 0.2) is 0 Å². The van der Waals surface area contributed by atoms with Crippen molar-refractivity contribution in [3.8, 4) is 0 Å². The predicted molar refractivity (Wildman–Crippen MR) is 87.8 cm³/mol. The van der Waals surface area contributed by atoms with E-state index in [1.807, 2.05) is 0 Å². The number of nitrogens with zero attached hydrogens (tertiary/aromatic N) is 1. The fourth-order valence-corrected chi connectivity index (χ4v) is 4.15. The van der Waals surface area contributed by atoms with Gasteiger partial charge in [-0.2, -0.15) is 4.31 Å². The van der Waals surface area contributed by atoms with E-state index in [1.165, 1.54) is 10.4 Å². The second kappa shape index (κ2) is 8.55. The molecule has 1 aromatic rings. The summed E-state index contributed by atoms with van der Waals surface area (Å²) in [6.45, 7) is 1.72. The highest BCUT2D eigenvalue weighted by Gasteiger charge is 2.27. The van der Waals surface area contributed by atoms with Gasteiger partial charge in [0, 0.05) is 33.4 Å². The van der Waals surface area contributed by atoms with Gasteiger partial charge in [-0.15, -0.1) is 0 Å². The maximum Gasteiger partial charge on any atom is 0.254 e. The fraction of sp³-hybridized carbons (Fsp3) is 0.562. The Balaban J connectivity index is 2.16. The van der Waals surface area contributed by atoms with Crippen LogP contribution in [-0.4, -0.2) is 52.0 Å². The van der Waals surface area contributed by atoms with Gasteiger partial charge in [-0.25, -0.2) is 12.8 Å². The number of benzene rings is 1. The first-order valence-electron chi connectivity index (χ1n) is 8.03. The van der Waals surface area contributed by atoms with E-state index in [1.54, 1.807) is 7.11 Å². The minimum absolute atomic E-state index is 0.0483. The van der Waals surface area contributed by atoms with Crippen LogP contribution in [-0.2, 0) is 14.8 Å². The van der Waals surface area contributed by atoms with E-state index in [0.29, 0.717) is 32.7 Å². The Labute approximate surface area is 142 Å². The summed E-state index contributed by atoms with van der Waals surface area (Å²) in [5.74, 6) is -1.36. The first kappa shape index (κ1) is 18.8. The lowest BCUT2D eigenvalue weighted by Crippen LogP contribution is -2.35. The first-order chi connectivity index (χ1) is 11.5. The average Bonchev–Trinajstić information content (AvgIpc) is 2.59. The number of sulfonamides is 1. The Bertz CT molecular complexity index is 673. The molecular weight excluding hydrogens is 335 g/mol. The van der Waals surface area contributed by atoms with Crippen LogP contribution in [0.1, 0.15) is 36.0 Å². The fourth-order valence-electron chi connectivity index (χ4n) is 2.61. The minimum Gasteiger partial charge on any atom is -0.385 e. The summed E-state index contributed by atoms with van der Waals surface area (Å²) in [6.07, 6.45) is 3.22. The molecule has 1 amide bonds. The Morgan fingerprint density at radius 1 is 1.29 bits per heavy atom. The number of hydrogen-bond donors (Lipinski definition) is 1. The molecule has 6 nitrogen and oxygen atoms in total. The summed E-state index contributed by atoms with van der Waals surface area (Å²) in [5.41, 5.74) is -0.259. The molecule has 2 rings (SSSR count). The summed E-state index contributed by atoms with van der Waals surface area (Å²) < 4.78 is 45.5. The zero-order chi connectivity index (χ0) is 17.6. The van der Waals surface area contributed by atoms with Crippen molar-refractivity contribution in [1.82, 2.24) is 9.62 Å². The Morgan fingerprint density at radius 2 is 2.00 bits per heavy atom. The molecule has 0 spiro atoms. The Kier molecular flexibility index (Phi) is 6.70. The van der Waals surface area contributed by atoms with Crippen LogP contribution in [0, 0.1) is 5.82 Å². The van der Waals surface area contributed by atoms with Crippen molar-refractivity contribution in [2.24, 2.45) is 0 Å². The van der Waals surface area contributed by atoms with E-state index in [-0.39, 0.29) is 10.5 Å². The molecule has 134 valence electrons. The standard InChI is InChI=1S/C16H23FN2O4S/c1-23-11-5-8-18-16(20)14-12-13(6-7-15(14)17)24(21,22)19-9-3-2-4-10-19/h6-7,12H,2-5,8-11H2,1H3,(H,18,20). The normalized spacial score (nSPS) is 16.1. The summed E-state index contributed by atoms with van der Waals surface area (Å²) in [7, 11) is -2.15. The third-order valence-electron chi connectivity index (χ3n) is 3.95.